The molecule has 0 heterocycles. The quantitative estimate of drug-likeness (QED) is 0.394. The first-order valence-electron chi connectivity index (χ1n) is 5.10. The lowest BCUT2D eigenvalue weighted by Crippen LogP contribution is -2.23. The van der Waals surface area contributed by atoms with Crippen molar-refractivity contribution >= 4 is 21.7 Å². The second kappa shape index (κ2) is 6.21. The third kappa shape index (κ3) is 6.54. The Bertz CT molecular complexity index is 470. The number of para-hydroxylation sites is 1. The number of nitrogens with one attached hydrogen (secondary N) is 1. The van der Waals surface area contributed by atoms with E-state index in [2.05, 4.69) is 10.3 Å². The smallest absolute Gasteiger partial charge is 0.209 e. The van der Waals surface area contributed by atoms with Gasteiger partial charge in [-0.25, -0.2) is 13.6 Å². The van der Waals surface area contributed by atoms with E-state index in [1.807, 2.05) is 30.3 Å². The number of guanidine groups is 1. The monoisotopic (exact) mass is 256 g/mol. The summed E-state index contributed by atoms with van der Waals surface area (Å²) in [5.74, 6) is 0.167. The zero-order valence-corrected chi connectivity index (χ0v) is 10.2. The largest absolute Gasteiger partial charge is 0.370 e. The Morgan fingerprint density at radius 3 is 2.53 bits per heavy atom. The molecule has 5 N–H and O–H groups in total. The molecule has 1 aromatic carbocycles. The van der Waals surface area contributed by atoms with Crippen molar-refractivity contribution in [2.24, 2.45) is 15.9 Å². The maximum Gasteiger partial charge on any atom is 0.209 e. The molecule has 7 heteroatoms. The third-order valence-electron chi connectivity index (χ3n) is 1.92. The Hall–Kier alpha value is -1.60. The van der Waals surface area contributed by atoms with E-state index < -0.39 is 10.0 Å². The summed E-state index contributed by atoms with van der Waals surface area (Å²) >= 11 is 0. The van der Waals surface area contributed by atoms with Crippen molar-refractivity contribution in [1.29, 1.82) is 0 Å². The zero-order chi connectivity index (χ0) is 12.7. The molecular weight excluding hydrogens is 240 g/mol. The predicted octanol–water partition coefficient (Wildman–Crippen LogP) is 0.0918. The summed E-state index contributed by atoms with van der Waals surface area (Å²) in [5, 5.41) is 7.74. The van der Waals surface area contributed by atoms with Crippen molar-refractivity contribution in [3.63, 3.8) is 0 Å². The number of aliphatic imine (C=N–C) groups is 1. The van der Waals surface area contributed by atoms with Crippen LogP contribution >= 0.6 is 0 Å². The molecule has 0 atom stereocenters. The van der Waals surface area contributed by atoms with Gasteiger partial charge < -0.3 is 11.1 Å². The number of primary sulfonamides is 1. The molecule has 6 nitrogen and oxygen atoms in total. The van der Waals surface area contributed by atoms with Crippen LogP contribution < -0.4 is 16.2 Å². The van der Waals surface area contributed by atoms with Gasteiger partial charge in [0, 0.05) is 12.2 Å². The minimum atomic E-state index is -3.41. The van der Waals surface area contributed by atoms with Crippen molar-refractivity contribution in [2.45, 2.75) is 6.42 Å². The molecule has 0 aliphatic rings. The molecule has 0 saturated heterocycles. The molecular formula is C10H16N4O2S. The van der Waals surface area contributed by atoms with Gasteiger partial charge in [-0.3, -0.25) is 4.99 Å². The number of rotatable bonds is 5. The van der Waals surface area contributed by atoms with Crippen LogP contribution in [0, 0.1) is 0 Å². The Morgan fingerprint density at radius 1 is 1.29 bits per heavy atom. The molecule has 94 valence electrons. The second-order valence-corrected chi connectivity index (χ2v) is 5.21. The summed E-state index contributed by atoms with van der Waals surface area (Å²) in [5.41, 5.74) is 6.45. The molecule has 1 aromatic rings. The average molecular weight is 256 g/mol. The predicted molar refractivity (Wildman–Crippen MR) is 69.1 cm³/mol. The van der Waals surface area contributed by atoms with Gasteiger partial charge in [-0.1, -0.05) is 18.2 Å². The first-order chi connectivity index (χ1) is 7.97. The molecule has 0 amide bonds. The number of nitrogens with zero attached hydrogens (tertiary/aromatic N) is 1. The van der Waals surface area contributed by atoms with Gasteiger partial charge in [0.2, 0.25) is 10.0 Å². The highest BCUT2D eigenvalue weighted by Gasteiger charge is 2.01. The van der Waals surface area contributed by atoms with Gasteiger partial charge in [0.15, 0.2) is 5.96 Å². The maximum absolute atomic E-state index is 10.6. The van der Waals surface area contributed by atoms with E-state index in [1.54, 1.807) is 0 Å². The number of sulfonamides is 1. The van der Waals surface area contributed by atoms with Gasteiger partial charge >= 0.3 is 0 Å². The molecule has 0 aliphatic carbocycles. The van der Waals surface area contributed by atoms with Crippen LogP contribution in [0.3, 0.4) is 0 Å². The van der Waals surface area contributed by atoms with Crippen LogP contribution in [-0.4, -0.2) is 26.7 Å². The Morgan fingerprint density at radius 2 is 1.94 bits per heavy atom. The van der Waals surface area contributed by atoms with Crippen molar-refractivity contribution in [1.82, 2.24) is 0 Å². The number of hydrogen-bond donors (Lipinski definition) is 3. The molecule has 0 radical (unpaired) electrons. The molecule has 0 spiro atoms. The van der Waals surface area contributed by atoms with Gasteiger partial charge in [-0.2, -0.15) is 0 Å². The summed E-state index contributed by atoms with van der Waals surface area (Å²) in [4.78, 5) is 3.99. The molecule has 17 heavy (non-hydrogen) atoms. The molecule has 0 bridgehead atoms. The molecule has 1 rings (SSSR count). The number of nitrogens with two attached hydrogens (primary N) is 2. The summed E-state index contributed by atoms with van der Waals surface area (Å²) < 4.78 is 21.3. The third-order valence-corrected chi connectivity index (χ3v) is 2.77. The molecule has 0 aromatic heterocycles. The standard InChI is InChI=1S/C10H16N4O2S/c11-10(13-7-4-8-17(12,15)16)14-9-5-2-1-3-6-9/h1-3,5-6H,4,7-8H2,(H3,11,13,14)(H2,12,15,16). The molecule has 0 unspecified atom stereocenters. The van der Waals surface area contributed by atoms with Crippen LogP contribution in [-0.2, 0) is 10.0 Å². The van der Waals surface area contributed by atoms with Crippen LogP contribution in [0.25, 0.3) is 0 Å². The summed E-state index contributed by atoms with van der Waals surface area (Å²) in [6.07, 6.45) is 0.357. The highest BCUT2D eigenvalue weighted by Crippen LogP contribution is 2.03. The van der Waals surface area contributed by atoms with E-state index in [1.165, 1.54) is 0 Å². The van der Waals surface area contributed by atoms with Gasteiger partial charge in [0.25, 0.3) is 0 Å². The van der Waals surface area contributed by atoms with E-state index in [0.29, 0.717) is 13.0 Å². The Labute approximate surface area is 101 Å². The zero-order valence-electron chi connectivity index (χ0n) is 9.33. The van der Waals surface area contributed by atoms with Crippen LogP contribution in [0.1, 0.15) is 6.42 Å². The second-order valence-electron chi connectivity index (χ2n) is 3.48. The van der Waals surface area contributed by atoms with Crippen LogP contribution in [0.15, 0.2) is 35.3 Å². The highest BCUT2D eigenvalue weighted by atomic mass is 32.2. The Balaban J connectivity index is 2.35. The van der Waals surface area contributed by atoms with Crippen LogP contribution in [0.2, 0.25) is 0 Å². The van der Waals surface area contributed by atoms with Crippen molar-refractivity contribution in [2.75, 3.05) is 17.6 Å². The fourth-order valence-electron chi connectivity index (χ4n) is 1.17. The van der Waals surface area contributed by atoms with E-state index in [0.717, 1.165) is 5.69 Å². The van der Waals surface area contributed by atoms with Crippen molar-refractivity contribution in [3.8, 4) is 0 Å². The lowest BCUT2D eigenvalue weighted by molar-refractivity contribution is 0.595. The lowest BCUT2D eigenvalue weighted by Gasteiger charge is -2.04. The number of benzene rings is 1. The molecule has 0 saturated carbocycles. The van der Waals surface area contributed by atoms with E-state index in [4.69, 9.17) is 10.9 Å². The van der Waals surface area contributed by atoms with Gasteiger partial charge in [-0.05, 0) is 18.6 Å². The molecule has 0 aliphatic heterocycles. The fraction of sp³-hybridized carbons (Fsp3) is 0.300. The highest BCUT2D eigenvalue weighted by molar-refractivity contribution is 7.89. The minimum absolute atomic E-state index is 0.0882. The number of anilines is 1. The summed E-state index contributed by atoms with van der Waals surface area (Å²) in [7, 11) is -3.41. The minimum Gasteiger partial charge on any atom is -0.370 e. The maximum atomic E-state index is 10.6. The summed E-state index contributed by atoms with van der Waals surface area (Å²) in [6.45, 7) is 0.322. The van der Waals surface area contributed by atoms with Crippen molar-refractivity contribution < 1.29 is 8.42 Å². The fourth-order valence-corrected chi connectivity index (χ4v) is 1.71. The first kappa shape index (κ1) is 13.5. The Kier molecular flexibility index (Phi) is 4.92. The average Bonchev–Trinajstić information content (AvgIpc) is 2.25. The van der Waals surface area contributed by atoms with Crippen LogP contribution in [0.4, 0.5) is 5.69 Å². The summed E-state index contributed by atoms with van der Waals surface area (Å²) in [6, 6.07) is 9.34. The normalized spacial score (nSPS) is 12.4. The number of hydrogen-bond acceptors (Lipinski definition) is 3. The van der Waals surface area contributed by atoms with Crippen LogP contribution in [0.5, 0.6) is 0 Å². The van der Waals surface area contributed by atoms with Gasteiger partial charge in [0.1, 0.15) is 0 Å². The SMILES string of the molecule is NC(=NCCCS(N)(=O)=O)Nc1ccccc1. The first-order valence-corrected chi connectivity index (χ1v) is 6.81. The van der Waals surface area contributed by atoms with E-state index >= 15 is 0 Å². The van der Waals surface area contributed by atoms with E-state index in [-0.39, 0.29) is 11.7 Å². The van der Waals surface area contributed by atoms with Gasteiger partial charge in [0.05, 0.1) is 5.75 Å². The van der Waals surface area contributed by atoms with Crippen molar-refractivity contribution in [3.05, 3.63) is 30.3 Å². The lowest BCUT2D eigenvalue weighted by atomic mass is 10.3. The van der Waals surface area contributed by atoms with Gasteiger partial charge in [-0.15, -0.1) is 0 Å². The topological polar surface area (TPSA) is 111 Å². The molecule has 0 fully saturated rings. The van der Waals surface area contributed by atoms with E-state index in [9.17, 15) is 8.42 Å².